The van der Waals surface area contributed by atoms with Crippen molar-refractivity contribution in [2.24, 2.45) is 11.8 Å². The number of fused-ring (bicyclic) bond motifs is 4. The second-order valence-electron chi connectivity index (χ2n) is 14.5. The van der Waals surface area contributed by atoms with Crippen LogP contribution in [-0.4, -0.2) is 10.9 Å². The maximum Gasteiger partial charge on any atom is 0.162 e. The van der Waals surface area contributed by atoms with Gasteiger partial charge in [0.15, 0.2) is 5.78 Å². The van der Waals surface area contributed by atoms with Crippen molar-refractivity contribution in [2.45, 2.75) is 112 Å². The zero-order valence-electron chi connectivity index (χ0n) is 31.8. The summed E-state index contributed by atoms with van der Waals surface area (Å²) in [4.78, 5) is 11.7. The molecule has 0 saturated heterocycles. The number of nitrogens with zero attached hydrogens (tertiary/aromatic N) is 1. The molecule has 0 bridgehead atoms. The SMILES string of the molecule is CCC(CC)C(=O)C=C(O)C(CC)CC.[CH2-]c1c(-c2c3sc4cc(C(CC)CC)ccc4c3cc[n+]2[CH2-])cc(C(C)(C)C)c2ccccc12.[Ir]. The first kappa shape index (κ1) is 41.3. The summed E-state index contributed by atoms with van der Waals surface area (Å²) in [5.41, 5.74) is 6.22. The Labute approximate surface area is 319 Å². The zero-order chi connectivity index (χ0) is 36.0. The Kier molecular flexibility index (Phi) is 14.8. The van der Waals surface area contributed by atoms with E-state index in [4.69, 9.17) is 0 Å². The van der Waals surface area contributed by atoms with Gasteiger partial charge in [-0.15, -0.1) is 34.4 Å². The van der Waals surface area contributed by atoms with Gasteiger partial charge in [0.05, 0.1) is 17.6 Å². The van der Waals surface area contributed by atoms with Gasteiger partial charge in [0.25, 0.3) is 0 Å². The first-order valence-corrected chi connectivity index (χ1v) is 19.2. The fourth-order valence-corrected chi connectivity index (χ4v) is 8.50. The van der Waals surface area contributed by atoms with Crippen molar-refractivity contribution in [3.8, 4) is 11.3 Å². The Morgan fingerprint density at radius 1 is 0.820 bits per heavy atom. The number of aliphatic hydroxyl groups excluding tert-OH is 1. The molecule has 0 atom stereocenters. The average molecular weight is 869 g/mol. The van der Waals surface area contributed by atoms with Gasteiger partial charge >= 0.3 is 0 Å². The number of ketones is 1. The second kappa shape index (κ2) is 17.9. The quantitative estimate of drug-likeness (QED) is 0.0622. The molecule has 2 aromatic heterocycles. The van der Waals surface area contributed by atoms with Crippen molar-refractivity contribution in [2.75, 3.05) is 0 Å². The molecular formula is C45H58IrNO2S-. The van der Waals surface area contributed by atoms with Crippen molar-refractivity contribution >= 4 is 48.1 Å². The topological polar surface area (TPSA) is 41.2 Å². The minimum Gasteiger partial charge on any atom is -0.512 e. The van der Waals surface area contributed by atoms with Crippen molar-refractivity contribution in [1.29, 1.82) is 0 Å². The standard InChI is InChI=1S/C32H34NS.C13H24O2.Ir/c1-8-21(9-2)22-14-15-25-26-16-17-33(7)30(31(26)34-29(25)18-22)27-19-28(32(4,5)6)24-13-11-10-12-23(24)20(27)3;1-5-10(6-2)12(14)9-13(15)11(7-3)8-4;/h10-19,21H,3,7-9H2,1-2,4-6H3;9-11,14H,5-8H2,1-4H3;/q-1;;. The van der Waals surface area contributed by atoms with Crippen LogP contribution in [0.2, 0.25) is 0 Å². The maximum absolute atomic E-state index is 11.7. The minimum absolute atomic E-state index is 0. The van der Waals surface area contributed by atoms with Crippen LogP contribution >= 0.6 is 11.3 Å². The predicted octanol–water partition coefficient (Wildman–Crippen LogP) is 13.1. The molecule has 5 rings (SSSR count). The van der Waals surface area contributed by atoms with E-state index in [1.165, 1.54) is 66.6 Å². The molecule has 2 heterocycles. The molecule has 0 amide bonds. The molecule has 1 radical (unpaired) electrons. The van der Waals surface area contributed by atoms with E-state index in [-0.39, 0.29) is 48.9 Å². The molecule has 0 aliphatic heterocycles. The number of benzene rings is 3. The first-order valence-electron chi connectivity index (χ1n) is 18.4. The first-order chi connectivity index (χ1) is 23.3. The Bertz CT molecular complexity index is 1930. The monoisotopic (exact) mass is 869 g/mol. The Balaban J connectivity index is 0.000000361. The summed E-state index contributed by atoms with van der Waals surface area (Å²) in [6.45, 7) is 24.1. The number of hydrogen-bond donors (Lipinski definition) is 1. The Morgan fingerprint density at radius 2 is 1.42 bits per heavy atom. The smallest absolute Gasteiger partial charge is 0.162 e. The van der Waals surface area contributed by atoms with Crippen molar-refractivity contribution in [3.05, 3.63) is 103 Å². The molecule has 0 aliphatic rings. The zero-order valence-corrected chi connectivity index (χ0v) is 35.0. The summed E-state index contributed by atoms with van der Waals surface area (Å²) in [7, 11) is 4.40. The number of carbonyl (C=O) groups excluding carboxylic acids is 1. The third-order valence-electron chi connectivity index (χ3n) is 10.4. The molecule has 271 valence electrons. The Hall–Kier alpha value is -3.11. The molecule has 0 unspecified atom stereocenters. The van der Waals surface area contributed by atoms with Crippen LogP contribution in [0.5, 0.6) is 0 Å². The summed E-state index contributed by atoms with van der Waals surface area (Å²) >= 11 is 1.89. The predicted molar refractivity (Wildman–Crippen MR) is 214 cm³/mol. The van der Waals surface area contributed by atoms with E-state index in [9.17, 15) is 9.90 Å². The molecule has 5 aromatic rings. The van der Waals surface area contributed by atoms with E-state index in [1.807, 2.05) is 43.6 Å². The van der Waals surface area contributed by atoms with Gasteiger partial charge < -0.3 is 9.67 Å². The largest absolute Gasteiger partial charge is 0.512 e. The Morgan fingerprint density at radius 3 is 1.98 bits per heavy atom. The fraction of sp³-hybridized carbons (Fsp3) is 0.422. The van der Waals surface area contributed by atoms with Gasteiger partial charge in [-0.25, -0.2) is 0 Å². The molecule has 5 heteroatoms. The number of thiophene rings is 1. The van der Waals surface area contributed by atoms with Gasteiger partial charge in [0.2, 0.25) is 0 Å². The van der Waals surface area contributed by atoms with E-state index >= 15 is 0 Å². The molecular weight excluding hydrogens is 811 g/mol. The van der Waals surface area contributed by atoms with Gasteiger partial charge in [0.1, 0.15) is 0 Å². The van der Waals surface area contributed by atoms with Crippen LogP contribution in [0, 0.1) is 25.8 Å². The number of aromatic nitrogens is 1. The number of allylic oxidation sites excluding steroid dienone is 2. The number of aliphatic hydroxyl groups is 1. The van der Waals surface area contributed by atoms with Crippen molar-refractivity contribution < 1.29 is 34.6 Å². The summed E-state index contributed by atoms with van der Waals surface area (Å²) in [6.07, 6.45) is 9.36. The molecule has 0 spiro atoms. The molecule has 0 aliphatic carbocycles. The second-order valence-corrected chi connectivity index (χ2v) is 15.5. The van der Waals surface area contributed by atoms with E-state index in [0.29, 0.717) is 5.92 Å². The average Bonchev–Trinajstić information content (AvgIpc) is 3.44. The van der Waals surface area contributed by atoms with Gasteiger partial charge in [-0.1, -0.05) is 104 Å². The molecule has 3 nitrogen and oxygen atoms in total. The summed E-state index contributed by atoms with van der Waals surface area (Å²) in [5, 5.41) is 14.9. The fourth-order valence-electron chi connectivity index (χ4n) is 7.18. The van der Waals surface area contributed by atoms with Crippen LogP contribution < -0.4 is 4.57 Å². The normalized spacial score (nSPS) is 12.2. The van der Waals surface area contributed by atoms with Gasteiger partial charge in [-0.3, -0.25) is 4.79 Å². The van der Waals surface area contributed by atoms with Crippen LogP contribution in [0.1, 0.15) is 123 Å². The molecule has 0 fully saturated rings. The molecule has 1 N–H and O–H groups in total. The number of rotatable bonds is 11. The van der Waals surface area contributed by atoms with E-state index < -0.39 is 0 Å². The molecule has 0 saturated carbocycles. The third kappa shape index (κ3) is 8.67. The van der Waals surface area contributed by atoms with Gasteiger partial charge in [-0.2, -0.15) is 12.5 Å². The van der Waals surface area contributed by atoms with Gasteiger partial charge in [-0.05, 0) is 78.3 Å². The number of carbonyl (C=O) groups is 1. The van der Waals surface area contributed by atoms with Crippen molar-refractivity contribution in [1.82, 2.24) is 0 Å². The van der Waals surface area contributed by atoms with Crippen LogP contribution in [0.25, 0.3) is 42.2 Å². The third-order valence-corrected chi connectivity index (χ3v) is 11.6. The van der Waals surface area contributed by atoms with Crippen LogP contribution in [0.3, 0.4) is 0 Å². The van der Waals surface area contributed by atoms with Crippen LogP contribution in [0.15, 0.2) is 72.6 Å². The van der Waals surface area contributed by atoms with Gasteiger partial charge in [0, 0.05) is 54.5 Å². The van der Waals surface area contributed by atoms with Crippen LogP contribution in [-0.2, 0) is 30.3 Å². The minimum atomic E-state index is 0. The summed E-state index contributed by atoms with van der Waals surface area (Å²) in [5.74, 6) is 1.17. The molecule has 50 heavy (non-hydrogen) atoms. The van der Waals surface area contributed by atoms with Crippen LogP contribution in [0.4, 0.5) is 0 Å². The van der Waals surface area contributed by atoms with E-state index in [2.05, 4.69) is 109 Å². The summed E-state index contributed by atoms with van der Waals surface area (Å²) in [6, 6.07) is 20.3. The van der Waals surface area contributed by atoms with E-state index in [0.717, 1.165) is 36.9 Å². The van der Waals surface area contributed by atoms with Crippen molar-refractivity contribution in [3.63, 3.8) is 0 Å². The number of hydrogen-bond acceptors (Lipinski definition) is 3. The maximum atomic E-state index is 11.7. The summed E-state index contributed by atoms with van der Waals surface area (Å²) < 4.78 is 4.67. The molecule has 3 aromatic carbocycles. The van der Waals surface area contributed by atoms with E-state index in [1.54, 1.807) is 0 Å². The number of pyridine rings is 1.